The van der Waals surface area contributed by atoms with Gasteiger partial charge in [0.2, 0.25) is 5.91 Å². The van der Waals surface area contributed by atoms with Crippen LogP contribution in [0, 0.1) is 0 Å². The Morgan fingerprint density at radius 2 is 2.44 bits per heavy atom. The van der Waals surface area contributed by atoms with E-state index in [-0.39, 0.29) is 30.4 Å². The predicted molar refractivity (Wildman–Crippen MR) is 64.0 cm³/mol. The van der Waals surface area contributed by atoms with Gasteiger partial charge in [0, 0.05) is 13.7 Å². The fraction of sp³-hybridized carbons (Fsp3) is 0.900. The molecule has 1 saturated heterocycles. The maximum Gasteiger partial charge on any atom is 0.239 e. The highest BCUT2D eigenvalue weighted by atomic mass is 35.5. The van der Waals surface area contributed by atoms with Crippen LogP contribution in [0.1, 0.15) is 13.3 Å². The molecule has 1 aliphatic rings. The van der Waals surface area contributed by atoms with E-state index in [0.29, 0.717) is 19.8 Å². The number of methoxy groups -OCH3 is 1. The fourth-order valence-electron chi connectivity index (χ4n) is 1.50. The molecule has 0 aromatic carbocycles. The van der Waals surface area contributed by atoms with Crippen LogP contribution in [0.4, 0.5) is 0 Å². The van der Waals surface area contributed by atoms with Crippen LogP contribution in [-0.4, -0.2) is 51.5 Å². The number of nitrogens with one attached hydrogen (secondary N) is 2. The molecule has 1 heterocycles. The molecule has 0 spiro atoms. The van der Waals surface area contributed by atoms with Gasteiger partial charge in [-0.1, -0.05) is 6.92 Å². The van der Waals surface area contributed by atoms with Crippen LogP contribution < -0.4 is 10.6 Å². The first kappa shape index (κ1) is 15.6. The lowest BCUT2D eigenvalue weighted by Gasteiger charge is -2.25. The summed E-state index contributed by atoms with van der Waals surface area (Å²) in [4.78, 5) is 11.7. The summed E-state index contributed by atoms with van der Waals surface area (Å²) in [6.07, 6.45) is 0.868. The second kappa shape index (κ2) is 8.75. The molecule has 0 saturated carbocycles. The smallest absolute Gasteiger partial charge is 0.239 e. The zero-order chi connectivity index (χ0) is 11.1. The molecule has 2 N–H and O–H groups in total. The molecule has 1 fully saturated rings. The van der Waals surface area contributed by atoms with Crippen LogP contribution in [0.2, 0.25) is 0 Å². The average Bonchev–Trinajstić information content (AvgIpc) is 2.29. The van der Waals surface area contributed by atoms with E-state index >= 15 is 0 Å². The Bertz CT molecular complexity index is 199. The van der Waals surface area contributed by atoms with Gasteiger partial charge in [-0.2, -0.15) is 0 Å². The summed E-state index contributed by atoms with van der Waals surface area (Å²) in [6, 6.07) is -0.129. The monoisotopic (exact) mass is 252 g/mol. The molecule has 5 nitrogen and oxygen atoms in total. The van der Waals surface area contributed by atoms with Crippen molar-refractivity contribution in [3.8, 4) is 0 Å². The number of hydrogen-bond acceptors (Lipinski definition) is 4. The van der Waals surface area contributed by atoms with Crippen molar-refractivity contribution in [1.82, 2.24) is 10.6 Å². The van der Waals surface area contributed by atoms with Crippen molar-refractivity contribution >= 4 is 18.3 Å². The van der Waals surface area contributed by atoms with E-state index in [9.17, 15) is 4.79 Å². The zero-order valence-corrected chi connectivity index (χ0v) is 10.6. The van der Waals surface area contributed by atoms with Crippen molar-refractivity contribution < 1.29 is 14.3 Å². The van der Waals surface area contributed by atoms with Crippen LogP contribution in [0.25, 0.3) is 0 Å². The third-order valence-electron chi connectivity index (χ3n) is 2.45. The molecule has 1 amide bonds. The quantitative estimate of drug-likeness (QED) is 0.720. The van der Waals surface area contributed by atoms with Gasteiger partial charge < -0.3 is 20.1 Å². The van der Waals surface area contributed by atoms with Gasteiger partial charge >= 0.3 is 0 Å². The number of carbonyl (C=O) groups excluding carboxylic acids is 1. The number of hydrogen-bond donors (Lipinski definition) is 2. The standard InChI is InChI=1S/C10H20N2O3.ClH/c1-3-8(6-14-2)12-10(13)9-7-15-5-4-11-9;/h8-9,11H,3-7H2,1-2H3,(H,12,13);1H. The lowest BCUT2D eigenvalue weighted by atomic mass is 10.2. The second-order valence-electron chi connectivity index (χ2n) is 3.65. The summed E-state index contributed by atoms with van der Waals surface area (Å²) in [5, 5.41) is 6.04. The van der Waals surface area contributed by atoms with E-state index in [1.807, 2.05) is 6.92 Å². The molecule has 0 aromatic heterocycles. The van der Waals surface area contributed by atoms with Crippen LogP contribution in [-0.2, 0) is 14.3 Å². The van der Waals surface area contributed by atoms with Crippen molar-refractivity contribution in [3.05, 3.63) is 0 Å². The molecule has 96 valence electrons. The highest BCUT2D eigenvalue weighted by molar-refractivity contribution is 5.85. The highest BCUT2D eigenvalue weighted by Gasteiger charge is 2.22. The SMILES string of the molecule is CCC(COC)NC(=O)C1COCCN1.Cl. The molecule has 6 heteroatoms. The number of halogens is 1. The molecule has 2 unspecified atom stereocenters. The van der Waals surface area contributed by atoms with Crippen molar-refractivity contribution in [3.63, 3.8) is 0 Å². The summed E-state index contributed by atoms with van der Waals surface area (Å²) in [5.74, 6) is -0.00130. The number of morpholine rings is 1. The maximum absolute atomic E-state index is 11.7. The largest absolute Gasteiger partial charge is 0.383 e. The Balaban J connectivity index is 0.00000225. The molecule has 0 bridgehead atoms. The van der Waals surface area contributed by atoms with Gasteiger partial charge in [-0.3, -0.25) is 4.79 Å². The van der Waals surface area contributed by atoms with Crippen molar-refractivity contribution in [2.75, 3.05) is 33.5 Å². The third-order valence-corrected chi connectivity index (χ3v) is 2.45. The molecule has 1 aliphatic heterocycles. The van der Waals surface area contributed by atoms with Crippen LogP contribution in [0.15, 0.2) is 0 Å². The molecule has 16 heavy (non-hydrogen) atoms. The van der Waals surface area contributed by atoms with Crippen LogP contribution in [0.5, 0.6) is 0 Å². The Hall–Kier alpha value is -0.360. The van der Waals surface area contributed by atoms with Gasteiger partial charge in [0.15, 0.2) is 0 Å². The molecule has 2 atom stereocenters. The minimum atomic E-state index is -0.218. The average molecular weight is 253 g/mol. The lowest BCUT2D eigenvalue weighted by Crippen LogP contribution is -2.53. The lowest BCUT2D eigenvalue weighted by molar-refractivity contribution is -0.127. The van der Waals surface area contributed by atoms with Crippen LogP contribution >= 0.6 is 12.4 Å². The first-order valence-electron chi connectivity index (χ1n) is 5.38. The van der Waals surface area contributed by atoms with Gasteiger partial charge in [0.25, 0.3) is 0 Å². The van der Waals surface area contributed by atoms with E-state index < -0.39 is 0 Å². The summed E-state index contributed by atoms with van der Waals surface area (Å²) < 4.78 is 10.2. The van der Waals surface area contributed by atoms with Gasteiger partial charge in [0.05, 0.1) is 25.9 Å². The Kier molecular flexibility index (Phi) is 8.56. The topological polar surface area (TPSA) is 59.6 Å². The van der Waals surface area contributed by atoms with Gasteiger partial charge in [0.1, 0.15) is 6.04 Å². The first-order valence-corrected chi connectivity index (χ1v) is 5.38. The summed E-state index contributed by atoms with van der Waals surface area (Å²) >= 11 is 0. The minimum absolute atomic E-state index is 0. The predicted octanol–water partition coefficient (Wildman–Crippen LogP) is -0.0622. The van der Waals surface area contributed by atoms with E-state index in [1.54, 1.807) is 7.11 Å². The minimum Gasteiger partial charge on any atom is -0.383 e. The van der Waals surface area contributed by atoms with Crippen LogP contribution in [0.3, 0.4) is 0 Å². The number of ether oxygens (including phenoxy) is 2. The van der Waals surface area contributed by atoms with Gasteiger partial charge in [-0.15, -0.1) is 12.4 Å². The van der Waals surface area contributed by atoms with E-state index in [1.165, 1.54) is 0 Å². The maximum atomic E-state index is 11.7. The zero-order valence-electron chi connectivity index (χ0n) is 9.82. The van der Waals surface area contributed by atoms with Gasteiger partial charge in [-0.05, 0) is 6.42 Å². The first-order chi connectivity index (χ1) is 7.27. The second-order valence-corrected chi connectivity index (χ2v) is 3.65. The molecular formula is C10H21ClN2O3. The Labute approximate surface area is 103 Å². The van der Waals surface area contributed by atoms with Gasteiger partial charge in [-0.25, -0.2) is 0 Å². The normalized spacial score (nSPS) is 22.0. The third kappa shape index (κ3) is 5.12. The van der Waals surface area contributed by atoms with Crippen molar-refractivity contribution in [2.45, 2.75) is 25.4 Å². The Morgan fingerprint density at radius 1 is 1.69 bits per heavy atom. The molecular weight excluding hydrogens is 232 g/mol. The molecule has 0 aromatic rings. The van der Waals surface area contributed by atoms with E-state index in [2.05, 4.69) is 10.6 Å². The molecule has 1 rings (SSSR count). The van der Waals surface area contributed by atoms with E-state index in [0.717, 1.165) is 13.0 Å². The summed E-state index contributed by atoms with van der Waals surface area (Å²) in [6.45, 7) is 4.44. The number of amides is 1. The van der Waals surface area contributed by atoms with Crippen molar-refractivity contribution in [2.24, 2.45) is 0 Å². The Morgan fingerprint density at radius 3 is 2.94 bits per heavy atom. The molecule has 0 radical (unpaired) electrons. The summed E-state index contributed by atoms with van der Waals surface area (Å²) in [7, 11) is 1.64. The van der Waals surface area contributed by atoms with Crippen molar-refractivity contribution in [1.29, 1.82) is 0 Å². The fourth-order valence-corrected chi connectivity index (χ4v) is 1.50. The molecule has 0 aliphatic carbocycles. The summed E-state index contributed by atoms with van der Waals surface area (Å²) in [5.41, 5.74) is 0. The number of carbonyl (C=O) groups is 1. The van der Waals surface area contributed by atoms with E-state index in [4.69, 9.17) is 9.47 Å². The highest BCUT2D eigenvalue weighted by Crippen LogP contribution is 1.97. The number of rotatable bonds is 5.